The first-order valence-electron chi connectivity index (χ1n) is 6.02. The molecule has 0 amide bonds. The van der Waals surface area contributed by atoms with Gasteiger partial charge >= 0.3 is 0 Å². The van der Waals surface area contributed by atoms with Gasteiger partial charge < -0.3 is 5.11 Å². The van der Waals surface area contributed by atoms with Crippen LogP contribution in [0.3, 0.4) is 0 Å². The van der Waals surface area contributed by atoms with Crippen LogP contribution in [0.4, 0.5) is 0 Å². The number of aliphatic hydroxyl groups is 1. The Morgan fingerprint density at radius 1 is 1.47 bits per heavy atom. The van der Waals surface area contributed by atoms with Crippen molar-refractivity contribution in [2.75, 3.05) is 6.54 Å². The van der Waals surface area contributed by atoms with E-state index in [0.717, 1.165) is 12.8 Å². The second-order valence-electron chi connectivity index (χ2n) is 4.51. The summed E-state index contributed by atoms with van der Waals surface area (Å²) in [4.78, 5) is 0.162. The molecule has 1 fully saturated rings. The summed E-state index contributed by atoms with van der Waals surface area (Å²) in [6, 6.07) is 4.46. The summed E-state index contributed by atoms with van der Waals surface area (Å²) in [5.74, 6) is 0. The maximum Gasteiger partial charge on any atom is 0.243 e. The zero-order chi connectivity index (χ0) is 14.0. The van der Waals surface area contributed by atoms with Gasteiger partial charge in [-0.05, 0) is 36.6 Å². The van der Waals surface area contributed by atoms with Gasteiger partial charge in [0.1, 0.15) is 0 Å². The summed E-state index contributed by atoms with van der Waals surface area (Å²) < 4.78 is 26.5. The maximum absolute atomic E-state index is 12.5. The third-order valence-electron chi connectivity index (χ3n) is 3.06. The van der Waals surface area contributed by atoms with E-state index in [0.29, 0.717) is 17.1 Å². The molecule has 0 unspecified atom stereocenters. The molecule has 4 nitrogen and oxygen atoms in total. The molecule has 19 heavy (non-hydrogen) atoms. The SMILES string of the molecule is C=CCN(C1CC1)S(=O)(=O)c1ccc(Cl)c(CO)c1. The van der Waals surface area contributed by atoms with Gasteiger partial charge in [-0.25, -0.2) is 8.42 Å². The number of sulfonamides is 1. The van der Waals surface area contributed by atoms with Gasteiger partial charge in [0.05, 0.1) is 11.5 Å². The molecule has 0 saturated heterocycles. The average molecular weight is 302 g/mol. The molecule has 0 aromatic heterocycles. The second kappa shape index (κ2) is 5.63. The summed E-state index contributed by atoms with van der Waals surface area (Å²) in [5, 5.41) is 9.53. The lowest BCUT2D eigenvalue weighted by atomic mass is 10.2. The van der Waals surface area contributed by atoms with Crippen molar-refractivity contribution in [3.05, 3.63) is 41.4 Å². The second-order valence-corrected chi connectivity index (χ2v) is 6.80. The first-order valence-corrected chi connectivity index (χ1v) is 7.84. The molecule has 1 aliphatic rings. The molecule has 1 saturated carbocycles. The van der Waals surface area contributed by atoms with Gasteiger partial charge in [-0.1, -0.05) is 17.7 Å². The van der Waals surface area contributed by atoms with E-state index in [-0.39, 0.29) is 17.5 Å². The molecule has 1 aromatic rings. The van der Waals surface area contributed by atoms with Crippen LogP contribution in [0.1, 0.15) is 18.4 Å². The lowest BCUT2D eigenvalue weighted by Gasteiger charge is -2.20. The normalized spacial score (nSPS) is 15.7. The predicted octanol–water partition coefficient (Wildman–Crippen LogP) is 2.17. The fraction of sp³-hybridized carbons (Fsp3) is 0.385. The van der Waals surface area contributed by atoms with Crippen LogP contribution in [0.5, 0.6) is 0 Å². The largest absolute Gasteiger partial charge is 0.392 e. The first-order chi connectivity index (χ1) is 9.00. The highest BCUT2D eigenvalue weighted by Gasteiger charge is 2.37. The lowest BCUT2D eigenvalue weighted by Crippen LogP contribution is -2.33. The number of benzene rings is 1. The van der Waals surface area contributed by atoms with Gasteiger partial charge in [-0.2, -0.15) is 4.31 Å². The molecule has 0 atom stereocenters. The van der Waals surface area contributed by atoms with Crippen molar-refractivity contribution >= 4 is 21.6 Å². The van der Waals surface area contributed by atoms with E-state index in [4.69, 9.17) is 16.7 Å². The van der Waals surface area contributed by atoms with Crippen LogP contribution in [-0.4, -0.2) is 30.4 Å². The number of nitrogens with zero attached hydrogens (tertiary/aromatic N) is 1. The third kappa shape index (κ3) is 3.00. The Morgan fingerprint density at radius 3 is 2.68 bits per heavy atom. The molecule has 0 aliphatic heterocycles. The zero-order valence-electron chi connectivity index (χ0n) is 10.4. The highest BCUT2D eigenvalue weighted by Crippen LogP contribution is 2.32. The van der Waals surface area contributed by atoms with Crippen LogP contribution in [0, 0.1) is 0 Å². The van der Waals surface area contributed by atoms with E-state index in [1.165, 1.54) is 22.5 Å². The van der Waals surface area contributed by atoms with E-state index in [9.17, 15) is 8.42 Å². The van der Waals surface area contributed by atoms with Crippen LogP contribution < -0.4 is 0 Å². The molecule has 0 spiro atoms. The van der Waals surface area contributed by atoms with Crippen LogP contribution in [-0.2, 0) is 16.6 Å². The van der Waals surface area contributed by atoms with Crippen molar-refractivity contribution in [2.45, 2.75) is 30.4 Å². The summed E-state index contributed by atoms with van der Waals surface area (Å²) >= 11 is 5.88. The Balaban J connectivity index is 2.39. The van der Waals surface area contributed by atoms with Gasteiger partial charge in [0.25, 0.3) is 0 Å². The third-order valence-corrected chi connectivity index (χ3v) is 5.34. The summed E-state index contributed by atoms with van der Waals surface area (Å²) in [7, 11) is -3.56. The fourth-order valence-electron chi connectivity index (χ4n) is 1.90. The molecular weight excluding hydrogens is 286 g/mol. The van der Waals surface area contributed by atoms with Crippen molar-refractivity contribution in [3.63, 3.8) is 0 Å². The van der Waals surface area contributed by atoms with Crippen molar-refractivity contribution in [3.8, 4) is 0 Å². The molecule has 1 N–H and O–H groups in total. The zero-order valence-corrected chi connectivity index (χ0v) is 12.0. The van der Waals surface area contributed by atoms with Gasteiger partial charge in [0.15, 0.2) is 0 Å². The van der Waals surface area contributed by atoms with E-state index < -0.39 is 10.0 Å². The predicted molar refractivity (Wildman–Crippen MR) is 74.5 cm³/mol. The van der Waals surface area contributed by atoms with Crippen LogP contribution in [0.15, 0.2) is 35.7 Å². The molecule has 2 rings (SSSR count). The lowest BCUT2D eigenvalue weighted by molar-refractivity contribution is 0.281. The monoisotopic (exact) mass is 301 g/mol. The number of hydrogen-bond acceptors (Lipinski definition) is 3. The highest BCUT2D eigenvalue weighted by molar-refractivity contribution is 7.89. The van der Waals surface area contributed by atoms with Gasteiger partial charge in [0, 0.05) is 17.6 Å². The molecule has 6 heteroatoms. The van der Waals surface area contributed by atoms with E-state index in [1.54, 1.807) is 6.08 Å². The Morgan fingerprint density at radius 2 is 2.16 bits per heavy atom. The van der Waals surface area contributed by atoms with Crippen molar-refractivity contribution < 1.29 is 13.5 Å². The first kappa shape index (κ1) is 14.5. The van der Waals surface area contributed by atoms with E-state index >= 15 is 0 Å². The van der Waals surface area contributed by atoms with E-state index in [1.807, 2.05) is 0 Å². The molecule has 0 heterocycles. The van der Waals surface area contributed by atoms with Crippen molar-refractivity contribution in [1.82, 2.24) is 4.31 Å². The highest BCUT2D eigenvalue weighted by atomic mass is 35.5. The standard InChI is InChI=1S/C13H16ClNO3S/c1-2-7-15(11-3-4-11)19(17,18)12-5-6-13(14)10(8-12)9-16/h2,5-6,8,11,16H,1,3-4,7,9H2. The van der Waals surface area contributed by atoms with Crippen LogP contribution in [0.2, 0.25) is 5.02 Å². The van der Waals surface area contributed by atoms with Gasteiger partial charge in [-0.3, -0.25) is 0 Å². The molecule has 0 bridgehead atoms. The quantitative estimate of drug-likeness (QED) is 0.819. The molecular formula is C13H16ClNO3S. The molecule has 104 valence electrons. The molecule has 1 aliphatic carbocycles. The van der Waals surface area contributed by atoms with E-state index in [2.05, 4.69) is 6.58 Å². The van der Waals surface area contributed by atoms with Gasteiger partial charge in [0.2, 0.25) is 10.0 Å². The number of rotatable bonds is 6. The summed E-state index contributed by atoms with van der Waals surface area (Å²) in [6.45, 7) is 3.61. The number of halogens is 1. The summed E-state index contributed by atoms with van der Waals surface area (Å²) in [5.41, 5.74) is 0.414. The Kier molecular flexibility index (Phi) is 4.30. The van der Waals surface area contributed by atoms with Gasteiger partial charge in [-0.15, -0.1) is 6.58 Å². The topological polar surface area (TPSA) is 57.6 Å². The van der Waals surface area contributed by atoms with Crippen LogP contribution >= 0.6 is 11.6 Å². The summed E-state index contributed by atoms with van der Waals surface area (Å²) in [6.07, 6.45) is 3.35. The van der Waals surface area contributed by atoms with Crippen molar-refractivity contribution in [1.29, 1.82) is 0 Å². The minimum atomic E-state index is -3.56. The van der Waals surface area contributed by atoms with Crippen LogP contribution in [0.25, 0.3) is 0 Å². The number of hydrogen-bond donors (Lipinski definition) is 1. The molecule has 0 radical (unpaired) electrons. The average Bonchev–Trinajstić information content (AvgIpc) is 3.20. The minimum absolute atomic E-state index is 0.0660. The Bertz CT molecular complexity index is 582. The Hall–Kier alpha value is -0.880. The fourth-order valence-corrected chi connectivity index (χ4v) is 3.79. The maximum atomic E-state index is 12.5. The number of aliphatic hydroxyl groups excluding tert-OH is 1. The smallest absolute Gasteiger partial charge is 0.243 e. The minimum Gasteiger partial charge on any atom is -0.392 e. The van der Waals surface area contributed by atoms with Crippen molar-refractivity contribution in [2.24, 2.45) is 0 Å². The Labute approximate surface area is 118 Å². The molecule has 1 aromatic carbocycles.